The molecule has 16 heavy (non-hydrogen) atoms. The topological polar surface area (TPSA) is 68.1 Å². The van der Waals surface area contributed by atoms with Crippen molar-refractivity contribution in [3.05, 3.63) is 28.6 Å². The van der Waals surface area contributed by atoms with Crippen LogP contribution < -0.4 is 5.32 Å². The van der Waals surface area contributed by atoms with Crippen LogP contribution in [0.4, 0.5) is 11.4 Å². The van der Waals surface area contributed by atoms with E-state index in [4.69, 9.17) is 0 Å². The Morgan fingerprint density at radius 3 is 3.06 bits per heavy atom. The van der Waals surface area contributed by atoms with Gasteiger partial charge in [-0.05, 0) is 30.7 Å². The van der Waals surface area contributed by atoms with Crippen molar-refractivity contribution in [2.24, 2.45) is 11.8 Å². The van der Waals surface area contributed by atoms with Crippen LogP contribution in [0, 0.1) is 22.0 Å². The summed E-state index contributed by atoms with van der Waals surface area (Å²) >= 11 is 0. The molecule has 1 atom stereocenters. The number of hydrogen-bond donors (Lipinski definition) is 1. The molecule has 0 amide bonds. The third-order valence-electron chi connectivity index (χ3n) is 3.04. The third-order valence-corrected chi connectivity index (χ3v) is 3.04. The molecule has 1 aromatic heterocycles. The molecule has 2 rings (SSSR count). The van der Waals surface area contributed by atoms with E-state index in [1.54, 1.807) is 12.3 Å². The zero-order chi connectivity index (χ0) is 11.5. The Morgan fingerprint density at radius 1 is 1.69 bits per heavy atom. The van der Waals surface area contributed by atoms with Crippen molar-refractivity contribution in [3.8, 4) is 0 Å². The summed E-state index contributed by atoms with van der Waals surface area (Å²) in [4.78, 5) is 14.1. The van der Waals surface area contributed by atoms with Gasteiger partial charge in [-0.3, -0.25) is 15.1 Å². The summed E-state index contributed by atoms with van der Waals surface area (Å²) in [7, 11) is 0. The van der Waals surface area contributed by atoms with Gasteiger partial charge in [-0.2, -0.15) is 0 Å². The molecular weight excluding hydrogens is 206 g/mol. The van der Waals surface area contributed by atoms with Crippen molar-refractivity contribution in [1.29, 1.82) is 0 Å². The van der Waals surface area contributed by atoms with Crippen LogP contribution in [-0.2, 0) is 0 Å². The second-order valence-corrected chi connectivity index (χ2v) is 4.35. The van der Waals surface area contributed by atoms with E-state index in [1.165, 1.54) is 19.0 Å². The van der Waals surface area contributed by atoms with Crippen LogP contribution in [-0.4, -0.2) is 16.5 Å². The van der Waals surface area contributed by atoms with Gasteiger partial charge in [0.15, 0.2) is 0 Å². The fourth-order valence-electron chi connectivity index (χ4n) is 1.78. The number of anilines is 1. The summed E-state index contributed by atoms with van der Waals surface area (Å²) in [5.74, 6) is 1.38. The molecule has 0 bridgehead atoms. The molecule has 1 aromatic rings. The molecule has 0 aromatic carbocycles. The lowest BCUT2D eigenvalue weighted by molar-refractivity contribution is -0.384. The van der Waals surface area contributed by atoms with Crippen LogP contribution in [0.25, 0.3) is 0 Å². The summed E-state index contributed by atoms with van der Waals surface area (Å²) in [5, 5.41) is 13.9. The molecule has 1 aliphatic rings. The highest BCUT2D eigenvalue weighted by atomic mass is 16.6. The molecule has 5 heteroatoms. The Bertz CT molecular complexity index is 391. The number of nitro groups is 1. The summed E-state index contributed by atoms with van der Waals surface area (Å²) in [6.45, 7) is 2.97. The van der Waals surface area contributed by atoms with Gasteiger partial charge in [0, 0.05) is 12.7 Å². The van der Waals surface area contributed by atoms with Gasteiger partial charge in [0.2, 0.25) is 0 Å². The Balaban J connectivity index is 1.99. The van der Waals surface area contributed by atoms with E-state index in [1.807, 2.05) is 0 Å². The van der Waals surface area contributed by atoms with Crippen LogP contribution in [0.5, 0.6) is 0 Å². The van der Waals surface area contributed by atoms with Gasteiger partial charge >= 0.3 is 5.69 Å². The smallest absolute Gasteiger partial charge is 0.310 e. The normalized spacial score (nSPS) is 16.8. The van der Waals surface area contributed by atoms with Gasteiger partial charge in [-0.1, -0.05) is 6.92 Å². The molecular formula is C11H15N3O2. The van der Waals surface area contributed by atoms with Crippen LogP contribution in [0.3, 0.4) is 0 Å². The first kappa shape index (κ1) is 10.9. The quantitative estimate of drug-likeness (QED) is 0.612. The molecule has 1 fully saturated rings. The Labute approximate surface area is 94.0 Å². The SMILES string of the molecule is CC(CNc1ccncc1[N+](=O)[O-])C1CC1. The lowest BCUT2D eigenvalue weighted by atomic mass is 10.1. The second kappa shape index (κ2) is 4.47. The Hall–Kier alpha value is -1.65. The molecule has 86 valence electrons. The molecule has 0 radical (unpaired) electrons. The highest BCUT2D eigenvalue weighted by Gasteiger charge is 2.27. The number of aromatic nitrogens is 1. The molecule has 1 aliphatic carbocycles. The average Bonchev–Trinajstić information content (AvgIpc) is 3.10. The summed E-state index contributed by atoms with van der Waals surface area (Å²) < 4.78 is 0. The van der Waals surface area contributed by atoms with Gasteiger partial charge in [0.05, 0.1) is 4.92 Å². The van der Waals surface area contributed by atoms with Crippen molar-refractivity contribution in [3.63, 3.8) is 0 Å². The van der Waals surface area contributed by atoms with Crippen LogP contribution in [0.15, 0.2) is 18.5 Å². The van der Waals surface area contributed by atoms with E-state index in [2.05, 4.69) is 17.2 Å². The number of nitrogens with one attached hydrogen (secondary N) is 1. The number of hydrogen-bond acceptors (Lipinski definition) is 4. The number of pyridine rings is 1. The zero-order valence-electron chi connectivity index (χ0n) is 9.22. The summed E-state index contributed by atoms with van der Waals surface area (Å²) in [5.41, 5.74) is 0.609. The number of rotatable bonds is 5. The first-order valence-electron chi connectivity index (χ1n) is 5.50. The van der Waals surface area contributed by atoms with Gasteiger partial charge in [0.25, 0.3) is 0 Å². The lowest BCUT2D eigenvalue weighted by Crippen LogP contribution is -2.13. The lowest BCUT2D eigenvalue weighted by Gasteiger charge is -2.12. The molecule has 0 aliphatic heterocycles. The van der Waals surface area contributed by atoms with Crippen molar-refractivity contribution >= 4 is 11.4 Å². The molecule has 5 nitrogen and oxygen atoms in total. The van der Waals surface area contributed by atoms with Crippen molar-refractivity contribution in [2.75, 3.05) is 11.9 Å². The predicted octanol–water partition coefficient (Wildman–Crippen LogP) is 2.45. The monoisotopic (exact) mass is 221 g/mol. The second-order valence-electron chi connectivity index (χ2n) is 4.35. The molecule has 1 heterocycles. The third kappa shape index (κ3) is 2.48. The minimum Gasteiger partial charge on any atom is -0.379 e. The predicted molar refractivity (Wildman–Crippen MR) is 61.3 cm³/mol. The van der Waals surface area contributed by atoms with Crippen LogP contribution in [0.2, 0.25) is 0 Å². The maximum atomic E-state index is 10.7. The fourth-order valence-corrected chi connectivity index (χ4v) is 1.78. The first-order chi connectivity index (χ1) is 7.68. The van der Waals surface area contributed by atoms with Gasteiger partial charge in [-0.15, -0.1) is 0 Å². The van der Waals surface area contributed by atoms with Crippen LogP contribution >= 0.6 is 0 Å². The number of nitrogens with zero attached hydrogens (tertiary/aromatic N) is 2. The summed E-state index contributed by atoms with van der Waals surface area (Å²) in [6, 6.07) is 1.65. The highest BCUT2D eigenvalue weighted by molar-refractivity contribution is 5.59. The van der Waals surface area contributed by atoms with E-state index in [9.17, 15) is 10.1 Å². The van der Waals surface area contributed by atoms with Gasteiger partial charge in [0.1, 0.15) is 11.9 Å². The van der Waals surface area contributed by atoms with Crippen molar-refractivity contribution < 1.29 is 4.92 Å². The molecule has 1 N–H and O–H groups in total. The molecule has 1 unspecified atom stereocenters. The first-order valence-corrected chi connectivity index (χ1v) is 5.50. The molecule has 0 spiro atoms. The Morgan fingerprint density at radius 2 is 2.44 bits per heavy atom. The minimum atomic E-state index is -0.406. The largest absolute Gasteiger partial charge is 0.379 e. The van der Waals surface area contributed by atoms with Crippen molar-refractivity contribution in [2.45, 2.75) is 19.8 Å². The molecule has 1 saturated carbocycles. The van der Waals surface area contributed by atoms with Gasteiger partial charge in [-0.25, -0.2) is 0 Å². The van der Waals surface area contributed by atoms with Gasteiger partial charge < -0.3 is 5.32 Å². The van der Waals surface area contributed by atoms with E-state index in [0.717, 1.165) is 12.5 Å². The van der Waals surface area contributed by atoms with E-state index in [0.29, 0.717) is 11.6 Å². The average molecular weight is 221 g/mol. The van der Waals surface area contributed by atoms with Crippen LogP contribution in [0.1, 0.15) is 19.8 Å². The van der Waals surface area contributed by atoms with Crippen molar-refractivity contribution in [1.82, 2.24) is 4.98 Å². The maximum absolute atomic E-state index is 10.7. The maximum Gasteiger partial charge on any atom is 0.310 e. The fraction of sp³-hybridized carbons (Fsp3) is 0.545. The molecule has 0 saturated heterocycles. The highest BCUT2D eigenvalue weighted by Crippen LogP contribution is 2.36. The Kier molecular flexibility index (Phi) is 3.03. The summed E-state index contributed by atoms with van der Waals surface area (Å²) in [6.07, 6.45) is 5.43. The van der Waals surface area contributed by atoms with E-state index in [-0.39, 0.29) is 5.69 Å². The minimum absolute atomic E-state index is 0.0468. The van der Waals surface area contributed by atoms with E-state index >= 15 is 0 Å². The van der Waals surface area contributed by atoms with E-state index < -0.39 is 4.92 Å². The zero-order valence-corrected chi connectivity index (χ0v) is 9.22. The standard InChI is InChI=1S/C11H15N3O2/c1-8(9-2-3-9)6-13-10-4-5-12-7-11(10)14(15)16/h4-5,7-9H,2-3,6H2,1H3,(H,12,13).